The minimum Gasteiger partial charge on any atom is -0.481 e. The highest BCUT2D eigenvalue weighted by atomic mass is 16.4. The van der Waals surface area contributed by atoms with Gasteiger partial charge in [-0.25, -0.2) is 0 Å². The van der Waals surface area contributed by atoms with Gasteiger partial charge in [0.05, 0.1) is 6.42 Å². The van der Waals surface area contributed by atoms with Gasteiger partial charge in [-0.05, 0) is 24.8 Å². The lowest BCUT2D eigenvalue weighted by Gasteiger charge is -2.23. The fourth-order valence-electron chi connectivity index (χ4n) is 2.62. The van der Waals surface area contributed by atoms with Crippen molar-refractivity contribution < 1.29 is 14.7 Å². The largest absolute Gasteiger partial charge is 0.481 e. The Morgan fingerprint density at radius 3 is 2.68 bits per heavy atom. The lowest BCUT2D eigenvalue weighted by atomic mass is 10.1. The molecule has 2 rings (SSSR count). The fraction of sp³-hybridized carbons (Fsp3) is 0.467. The van der Waals surface area contributed by atoms with E-state index in [-0.39, 0.29) is 18.4 Å². The van der Waals surface area contributed by atoms with Crippen LogP contribution in [-0.4, -0.2) is 34.5 Å². The molecule has 1 saturated heterocycles. The second-order valence-corrected chi connectivity index (χ2v) is 4.97. The van der Waals surface area contributed by atoms with Crippen LogP contribution in [0.1, 0.15) is 31.2 Å². The van der Waals surface area contributed by atoms with Crippen LogP contribution in [0.2, 0.25) is 0 Å². The van der Waals surface area contributed by atoms with Gasteiger partial charge in [0.2, 0.25) is 5.91 Å². The fourth-order valence-corrected chi connectivity index (χ4v) is 2.62. The smallest absolute Gasteiger partial charge is 0.305 e. The summed E-state index contributed by atoms with van der Waals surface area (Å²) in [6, 6.07) is 9.78. The number of amides is 1. The maximum atomic E-state index is 12.1. The van der Waals surface area contributed by atoms with Gasteiger partial charge < -0.3 is 10.0 Å². The van der Waals surface area contributed by atoms with Crippen molar-refractivity contribution in [3.05, 3.63) is 35.9 Å². The van der Waals surface area contributed by atoms with E-state index in [0.717, 1.165) is 24.8 Å². The number of aryl methyl sites for hydroxylation is 1. The molecule has 0 aromatic heterocycles. The number of likely N-dealkylation sites (tertiary alicyclic amines) is 1. The van der Waals surface area contributed by atoms with E-state index in [4.69, 9.17) is 5.11 Å². The summed E-state index contributed by atoms with van der Waals surface area (Å²) >= 11 is 0. The summed E-state index contributed by atoms with van der Waals surface area (Å²) in [5.41, 5.74) is 1.14. The van der Waals surface area contributed by atoms with Gasteiger partial charge in [0.1, 0.15) is 0 Å². The Kier molecular flexibility index (Phi) is 4.55. The number of benzene rings is 1. The quantitative estimate of drug-likeness (QED) is 0.883. The minimum atomic E-state index is -0.826. The number of carbonyl (C=O) groups is 2. The molecule has 0 unspecified atom stereocenters. The van der Waals surface area contributed by atoms with Crippen LogP contribution in [0.5, 0.6) is 0 Å². The van der Waals surface area contributed by atoms with Gasteiger partial charge >= 0.3 is 5.97 Å². The molecule has 0 spiro atoms. The van der Waals surface area contributed by atoms with Crippen molar-refractivity contribution in [2.75, 3.05) is 6.54 Å². The number of rotatable bonds is 5. The average molecular weight is 261 g/mol. The molecule has 0 radical (unpaired) electrons. The molecule has 0 saturated carbocycles. The van der Waals surface area contributed by atoms with Crippen molar-refractivity contribution in [2.45, 2.75) is 38.1 Å². The van der Waals surface area contributed by atoms with Crippen LogP contribution in [0.25, 0.3) is 0 Å². The zero-order valence-electron chi connectivity index (χ0n) is 10.9. The van der Waals surface area contributed by atoms with Crippen LogP contribution in [0.4, 0.5) is 0 Å². The van der Waals surface area contributed by atoms with Gasteiger partial charge in [-0.15, -0.1) is 0 Å². The van der Waals surface area contributed by atoms with Crippen LogP contribution < -0.4 is 0 Å². The molecule has 1 aliphatic heterocycles. The first-order chi connectivity index (χ1) is 9.16. The summed E-state index contributed by atoms with van der Waals surface area (Å²) in [6.07, 6.45) is 2.96. The monoisotopic (exact) mass is 261 g/mol. The van der Waals surface area contributed by atoms with Crippen molar-refractivity contribution in [2.24, 2.45) is 0 Å². The van der Waals surface area contributed by atoms with Crippen molar-refractivity contribution in [3.8, 4) is 0 Å². The standard InChI is InChI=1S/C15H19NO3/c17-14(9-8-12-5-2-1-3-6-12)16-10-4-7-13(16)11-15(18)19/h1-3,5-6,13H,4,7-11H2,(H,18,19)/t13-/m1/s1. The van der Waals surface area contributed by atoms with Gasteiger partial charge in [-0.2, -0.15) is 0 Å². The summed E-state index contributed by atoms with van der Waals surface area (Å²) < 4.78 is 0. The number of nitrogens with zero attached hydrogens (tertiary/aromatic N) is 1. The zero-order valence-corrected chi connectivity index (χ0v) is 10.9. The van der Waals surface area contributed by atoms with Crippen molar-refractivity contribution >= 4 is 11.9 Å². The first-order valence-electron chi connectivity index (χ1n) is 6.72. The Labute approximate surface area is 113 Å². The molecule has 102 valence electrons. The Morgan fingerprint density at radius 1 is 1.26 bits per heavy atom. The Balaban J connectivity index is 1.87. The molecular weight excluding hydrogens is 242 g/mol. The molecule has 1 fully saturated rings. The number of hydrogen-bond donors (Lipinski definition) is 1. The van der Waals surface area contributed by atoms with Crippen LogP contribution in [0.3, 0.4) is 0 Å². The molecule has 4 heteroatoms. The zero-order chi connectivity index (χ0) is 13.7. The molecule has 1 aromatic carbocycles. The van der Waals surface area contributed by atoms with Crippen molar-refractivity contribution in [1.82, 2.24) is 4.90 Å². The van der Waals surface area contributed by atoms with Gasteiger partial charge in [0, 0.05) is 19.0 Å². The highest BCUT2D eigenvalue weighted by Gasteiger charge is 2.29. The van der Waals surface area contributed by atoms with E-state index in [9.17, 15) is 9.59 Å². The summed E-state index contributed by atoms with van der Waals surface area (Å²) in [5, 5.41) is 8.84. The van der Waals surface area contributed by atoms with E-state index in [1.54, 1.807) is 4.90 Å². The van der Waals surface area contributed by atoms with E-state index < -0.39 is 5.97 Å². The predicted octanol–water partition coefficient (Wildman–Crippen LogP) is 2.08. The molecule has 0 bridgehead atoms. The number of carboxylic acid groups (broad SMARTS) is 1. The van der Waals surface area contributed by atoms with Crippen molar-refractivity contribution in [1.29, 1.82) is 0 Å². The topological polar surface area (TPSA) is 57.6 Å². The molecule has 19 heavy (non-hydrogen) atoms. The Morgan fingerprint density at radius 2 is 2.00 bits per heavy atom. The number of carboxylic acids is 1. The second kappa shape index (κ2) is 6.36. The Bertz CT molecular complexity index is 444. The van der Waals surface area contributed by atoms with Gasteiger partial charge in [-0.3, -0.25) is 9.59 Å². The second-order valence-electron chi connectivity index (χ2n) is 4.97. The summed E-state index contributed by atoms with van der Waals surface area (Å²) in [6.45, 7) is 0.700. The predicted molar refractivity (Wildman–Crippen MR) is 71.8 cm³/mol. The SMILES string of the molecule is O=C(O)C[C@H]1CCCN1C(=O)CCc1ccccc1. The summed E-state index contributed by atoms with van der Waals surface area (Å²) in [4.78, 5) is 24.7. The van der Waals surface area contributed by atoms with Gasteiger partial charge in [0.15, 0.2) is 0 Å². The maximum absolute atomic E-state index is 12.1. The van der Waals surface area contributed by atoms with Crippen molar-refractivity contribution in [3.63, 3.8) is 0 Å². The molecular formula is C15H19NO3. The van der Waals surface area contributed by atoms with E-state index in [0.29, 0.717) is 13.0 Å². The number of hydrogen-bond acceptors (Lipinski definition) is 2. The highest BCUT2D eigenvalue weighted by molar-refractivity contribution is 5.78. The average Bonchev–Trinajstić information content (AvgIpc) is 2.84. The molecule has 1 heterocycles. The molecule has 4 nitrogen and oxygen atoms in total. The van der Waals surface area contributed by atoms with Crippen LogP contribution in [0.15, 0.2) is 30.3 Å². The van der Waals surface area contributed by atoms with E-state index in [2.05, 4.69) is 0 Å². The highest BCUT2D eigenvalue weighted by Crippen LogP contribution is 2.21. The summed E-state index contributed by atoms with van der Waals surface area (Å²) in [5.74, 6) is -0.750. The minimum absolute atomic E-state index is 0.0665. The van der Waals surface area contributed by atoms with E-state index in [1.807, 2.05) is 30.3 Å². The van der Waals surface area contributed by atoms with Crippen LogP contribution >= 0.6 is 0 Å². The van der Waals surface area contributed by atoms with Crippen LogP contribution in [0, 0.1) is 0 Å². The molecule has 1 atom stereocenters. The number of carbonyl (C=O) groups excluding carboxylic acids is 1. The molecule has 1 aromatic rings. The molecule has 1 N–H and O–H groups in total. The van der Waals surface area contributed by atoms with E-state index in [1.165, 1.54) is 0 Å². The van der Waals surface area contributed by atoms with E-state index >= 15 is 0 Å². The third-order valence-electron chi connectivity index (χ3n) is 3.58. The number of aliphatic carboxylic acids is 1. The third kappa shape index (κ3) is 3.81. The van der Waals surface area contributed by atoms with Gasteiger partial charge in [-0.1, -0.05) is 30.3 Å². The first kappa shape index (κ1) is 13.6. The summed E-state index contributed by atoms with van der Waals surface area (Å²) in [7, 11) is 0. The normalized spacial score (nSPS) is 18.5. The van der Waals surface area contributed by atoms with Crippen LogP contribution in [-0.2, 0) is 16.0 Å². The third-order valence-corrected chi connectivity index (χ3v) is 3.58. The molecule has 0 aliphatic carbocycles. The lowest BCUT2D eigenvalue weighted by Crippen LogP contribution is -2.36. The lowest BCUT2D eigenvalue weighted by molar-refractivity contribution is -0.139. The molecule has 1 amide bonds. The maximum Gasteiger partial charge on any atom is 0.305 e. The Hall–Kier alpha value is -1.84. The first-order valence-corrected chi connectivity index (χ1v) is 6.72. The van der Waals surface area contributed by atoms with Gasteiger partial charge in [0.25, 0.3) is 0 Å². The molecule has 1 aliphatic rings.